The van der Waals surface area contributed by atoms with E-state index in [1.807, 2.05) is 0 Å². The van der Waals surface area contributed by atoms with Gasteiger partial charge in [0.25, 0.3) is 0 Å². The Morgan fingerprint density at radius 1 is 0.214 bits per heavy atom. The predicted molar refractivity (Wildman–Crippen MR) is 239 cm³/mol. The van der Waals surface area contributed by atoms with Crippen LogP contribution in [0.5, 0.6) is 0 Å². The van der Waals surface area contributed by atoms with Crippen molar-refractivity contribution in [3.05, 3.63) is 231 Å². The van der Waals surface area contributed by atoms with Gasteiger partial charge < -0.3 is 9.80 Å². The smallest absolute Gasteiger partial charge is 0.0546 e. The molecule has 2 heteroatoms. The maximum atomic E-state index is 2.42. The minimum absolute atomic E-state index is 1.10. The predicted octanol–water partition coefficient (Wildman–Crippen LogP) is 15.4. The highest BCUT2D eigenvalue weighted by Crippen LogP contribution is 2.45. The number of para-hydroxylation sites is 2. The quantitative estimate of drug-likeness (QED) is 0.145. The highest BCUT2D eigenvalue weighted by atomic mass is 15.1. The summed E-state index contributed by atoms with van der Waals surface area (Å²) in [5.74, 6) is 0. The van der Waals surface area contributed by atoms with E-state index in [0.717, 1.165) is 34.1 Å². The largest absolute Gasteiger partial charge is 0.310 e. The fourth-order valence-electron chi connectivity index (χ4n) is 8.14. The molecule has 0 N–H and O–H groups in total. The summed E-state index contributed by atoms with van der Waals surface area (Å²) in [4.78, 5) is 4.79. The molecule has 0 aliphatic rings. The van der Waals surface area contributed by atoms with Gasteiger partial charge in [-0.05, 0) is 116 Å². The van der Waals surface area contributed by atoms with Crippen molar-refractivity contribution in [2.45, 2.75) is 0 Å². The Labute approximate surface area is 327 Å². The number of fused-ring (bicyclic) bond motifs is 5. The average Bonchev–Trinajstić information content (AvgIpc) is 3.28. The van der Waals surface area contributed by atoms with Crippen LogP contribution in [-0.2, 0) is 0 Å². The second-order valence-electron chi connectivity index (χ2n) is 14.2. The first-order valence-corrected chi connectivity index (χ1v) is 19.2. The Hall–Kier alpha value is -7.42. The molecule has 10 rings (SSSR count). The molecule has 10 aromatic rings. The molecular weight excluding hydrogens is 677 g/mol. The van der Waals surface area contributed by atoms with Crippen molar-refractivity contribution in [2.24, 2.45) is 0 Å². The molecule has 0 saturated carbocycles. The van der Waals surface area contributed by atoms with Crippen molar-refractivity contribution in [1.29, 1.82) is 0 Å². The lowest BCUT2D eigenvalue weighted by molar-refractivity contribution is 1.29. The number of hydrogen-bond donors (Lipinski definition) is 0. The fraction of sp³-hybridized carbons (Fsp3) is 0. The van der Waals surface area contributed by atoms with Gasteiger partial charge in [-0.1, -0.05) is 164 Å². The van der Waals surface area contributed by atoms with Gasteiger partial charge in [-0.2, -0.15) is 0 Å². The van der Waals surface area contributed by atoms with Crippen molar-refractivity contribution in [2.75, 3.05) is 9.80 Å². The standard InChI is InChI=1S/C54H38N2/c1-5-17-39(18-6-1)42-21-15-27-46(35-42)55(44-23-9-3-10-24-44)48-33-31-41-32-34-50-49-29-13-14-30-51(49)54(38-53(50)52(41)37-48)56(45-25-11-4-12-26-45)47-28-16-22-43(36-47)40-19-7-2-8-20-40/h1-38H. The molecule has 0 atom stereocenters. The second kappa shape index (κ2) is 14.4. The highest BCUT2D eigenvalue weighted by molar-refractivity contribution is 6.22. The van der Waals surface area contributed by atoms with Gasteiger partial charge in [0.05, 0.1) is 5.69 Å². The number of nitrogens with zero attached hydrogens (tertiary/aromatic N) is 2. The van der Waals surface area contributed by atoms with Crippen LogP contribution >= 0.6 is 0 Å². The molecule has 0 aliphatic carbocycles. The molecule has 0 amide bonds. The van der Waals surface area contributed by atoms with Crippen LogP contribution in [0, 0.1) is 0 Å². The molecule has 0 heterocycles. The summed E-state index contributed by atoms with van der Waals surface area (Å²) in [7, 11) is 0. The first-order valence-electron chi connectivity index (χ1n) is 19.2. The van der Waals surface area contributed by atoms with E-state index in [0.29, 0.717) is 0 Å². The zero-order valence-electron chi connectivity index (χ0n) is 30.8. The SMILES string of the molecule is c1ccc(-c2cccc(N(c3ccccc3)c3ccc4ccc5c6ccccc6c(N(c6ccccc6)c6cccc(-c7ccccc7)c6)cc5c4c3)c2)cc1. The van der Waals surface area contributed by atoms with Crippen LogP contribution in [0.2, 0.25) is 0 Å². The molecule has 0 unspecified atom stereocenters. The van der Waals surface area contributed by atoms with Crippen molar-refractivity contribution in [3.8, 4) is 22.3 Å². The summed E-state index contributed by atoms with van der Waals surface area (Å²) in [6, 6.07) is 83.2. The van der Waals surface area contributed by atoms with Crippen LogP contribution in [-0.4, -0.2) is 0 Å². The van der Waals surface area contributed by atoms with Gasteiger partial charge in [-0.3, -0.25) is 0 Å². The maximum Gasteiger partial charge on any atom is 0.0546 e. The molecular formula is C54H38N2. The van der Waals surface area contributed by atoms with Crippen LogP contribution in [0.1, 0.15) is 0 Å². The first-order chi connectivity index (χ1) is 27.8. The summed E-state index contributed by atoms with van der Waals surface area (Å²) in [5, 5.41) is 7.28. The fourth-order valence-corrected chi connectivity index (χ4v) is 8.14. The lowest BCUT2D eigenvalue weighted by Gasteiger charge is -2.28. The van der Waals surface area contributed by atoms with Crippen LogP contribution in [0.3, 0.4) is 0 Å². The van der Waals surface area contributed by atoms with E-state index < -0.39 is 0 Å². The lowest BCUT2D eigenvalue weighted by atomic mass is 9.94. The summed E-state index contributed by atoms with van der Waals surface area (Å²) in [6.45, 7) is 0. The van der Waals surface area contributed by atoms with E-state index in [4.69, 9.17) is 0 Å². The molecule has 0 aliphatic heterocycles. The molecule has 0 spiro atoms. The Balaban J connectivity index is 1.21. The zero-order valence-corrected chi connectivity index (χ0v) is 30.8. The highest BCUT2D eigenvalue weighted by Gasteiger charge is 2.20. The molecule has 0 radical (unpaired) electrons. The van der Waals surface area contributed by atoms with Gasteiger partial charge in [0.2, 0.25) is 0 Å². The molecule has 10 aromatic carbocycles. The lowest BCUT2D eigenvalue weighted by Crippen LogP contribution is -2.11. The molecule has 56 heavy (non-hydrogen) atoms. The van der Waals surface area contributed by atoms with Crippen molar-refractivity contribution >= 4 is 66.4 Å². The van der Waals surface area contributed by atoms with Crippen LogP contribution in [0.25, 0.3) is 54.6 Å². The Morgan fingerprint density at radius 2 is 0.643 bits per heavy atom. The summed E-state index contributed by atoms with van der Waals surface area (Å²) in [5.41, 5.74) is 11.4. The monoisotopic (exact) mass is 714 g/mol. The number of hydrogen-bond acceptors (Lipinski definition) is 2. The first kappa shape index (κ1) is 33.2. The number of rotatable bonds is 8. The third-order valence-corrected chi connectivity index (χ3v) is 10.8. The van der Waals surface area contributed by atoms with Crippen LogP contribution < -0.4 is 9.80 Å². The van der Waals surface area contributed by atoms with Gasteiger partial charge in [-0.15, -0.1) is 0 Å². The van der Waals surface area contributed by atoms with E-state index in [2.05, 4.69) is 240 Å². The van der Waals surface area contributed by atoms with Gasteiger partial charge in [0.1, 0.15) is 0 Å². The van der Waals surface area contributed by atoms with Crippen LogP contribution in [0.15, 0.2) is 231 Å². The molecule has 0 saturated heterocycles. The van der Waals surface area contributed by atoms with E-state index >= 15 is 0 Å². The number of anilines is 6. The Kier molecular flexibility index (Phi) is 8.55. The molecule has 0 bridgehead atoms. The van der Waals surface area contributed by atoms with E-state index in [-0.39, 0.29) is 0 Å². The van der Waals surface area contributed by atoms with E-state index in [1.54, 1.807) is 0 Å². The second-order valence-corrected chi connectivity index (χ2v) is 14.2. The van der Waals surface area contributed by atoms with Gasteiger partial charge in [-0.25, -0.2) is 0 Å². The molecule has 0 aromatic heterocycles. The summed E-state index contributed by atoms with van der Waals surface area (Å²) >= 11 is 0. The zero-order chi connectivity index (χ0) is 37.3. The number of benzene rings is 10. The van der Waals surface area contributed by atoms with Crippen LogP contribution in [0.4, 0.5) is 34.1 Å². The molecule has 2 nitrogen and oxygen atoms in total. The summed E-state index contributed by atoms with van der Waals surface area (Å²) < 4.78 is 0. The van der Waals surface area contributed by atoms with E-state index in [1.165, 1.54) is 54.6 Å². The minimum atomic E-state index is 1.10. The minimum Gasteiger partial charge on any atom is -0.310 e. The average molecular weight is 715 g/mol. The third kappa shape index (κ3) is 6.14. The van der Waals surface area contributed by atoms with Gasteiger partial charge in [0.15, 0.2) is 0 Å². The molecule has 264 valence electrons. The Morgan fingerprint density at radius 3 is 1.25 bits per heavy atom. The maximum absolute atomic E-state index is 2.42. The summed E-state index contributed by atoms with van der Waals surface area (Å²) in [6.07, 6.45) is 0. The van der Waals surface area contributed by atoms with Crippen molar-refractivity contribution in [1.82, 2.24) is 0 Å². The van der Waals surface area contributed by atoms with Gasteiger partial charge in [0, 0.05) is 33.8 Å². The third-order valence-electron chi connectivity index (χ3n) is 10.8. The normalized spacial score (nSPS) is 11.2. The molecule has 0 fully saturated rings. The Bertz CT molecular complexity index is 2960. The van der Waals surface area contributed by atoms with Crippen molar-refractivity contribution < 1.29 is 0 Å². The van der Waals surface area contributed by atoms with Gasteiger partial charge >= 0.3 is 0 Å². The topological polar surface area (TPSA) is 6.48 Å². The van der Waals surface area contributed by atoms with Crippen molar-refractivity contribution in [3.63, 3.8) is 0 Å². The van der Waals surface area contributed by atoms with E-state index in [9.17, 15) is 0 Å².